The lowest BCUT2D eigenvalue weighted by Gasteiger charge is -2.26. The number of anilines is 3. The summed E-state index contributed by atoms with van der Waals surface area (Å²) in [5.41, 5.74) is 5.85. The third kappa shape index (κ3) is 3.92. The van der Waals surface area contributed by atoms with Crippen LogP contribution in [0, 0.1) is 0 Å². The van der Waals surface area contributed by atoms with Gasteiger partial charge in [-0.15, -0.1) is 11.3 Å². The molecular formula is C42H27NS. The standard InChI is InChI=1S/C42H27NS/c1-3-11-28(12-4-1)29-19-22-32(23-20-29)43(31-13-5-2-6-14-31)33-24-26-34-30(27-33)21-25-38-40(34)35-15-7-8-16-36(35)42-41(38)37-17-9-10-18-39(37)44-42/h1-27H. The number of benzene rings is 8. The summed E-state index contributed by atoms with van der Waals surface area (Å²) in [6, 6.07) is 59.5. The van der Waals surface area contributed by atoms with E-state index in [0.717, 1.165) is 17.1 Å². The molecule has 0 saturated heterocycles. The van der Waals surface area contributed by atoms with Crippen LogP contribution in [-0.4, -0.2) is 0 Å². The average Bonchev–Trinajstić information content (AvgIpc) is 3.49. The van der Waals surface area contributed by atoms with Gasteiger partial charge in [-0.05, 0) is 80.5 Å². The summed E-state index contributed by atoms with van der Waals surface area (Å²) in [4.78, 5) is 2.35. The molecule has 206 valence electrons. The first kappa shape index (κ1) is 25.1. The molecule has 0 spiro atoms. The number of nitrogens with zero attached hydrogens (tertiary/aromatic N) is 1. The third-order valence-electron chi connectivity index (χ3n) is 8.81. The Hall–Kier alpha value is -5.44. The van der Waals surface area contributed by atoms with E-state index >= 15 is 0 Å². The smallest absolute Gasteiger partial charge is 0.0468 e. The van der Waals surface area contributed by atoms with Crippen molar-refractivity contribution in [3.8, 4) is 11.1 Å². The van der Waals surface area contributed by atoms with Crippen LogP contribution in [0.2, 0.25) is 0 Å². The molecule has 2 heteroatoms. The van der Waals surface area contributed by atoms with Crippen molar-refractivity contribution >= 4 is 80.9 Å². The third-order valence-corrected chi connectivity index (χ3v) is 10.0. The summed E-state index contributed by atoms with van der Waals surface area (Å²) >= 11 is 1.91. The molecule has 0 aliphatic rings. The second kappa shape index (κ2) is 10.1. The van der Waals surface area contributed by atoms with Crippen molar-refractivity contribution in [1.82, 2.24) is 0 Å². The van der Waals surface area contributed by atoms with Crippen LogP contribution in [0.5, 0.6) is 0 Å². The lowest BCUT2D eigenvalue weighted by atomic mass is 9.93. The molecule has 0 aliphatic carbocycles. The van der Waals surface area contributed by atoms with Crippen molar-refractivity contribution in [1.29, 1.82) is 0 Å². The summed E-state index contributed by atoms with van der Waals surface area (Å²) in [6.07, 6.45) is 0. The Balaban J connectivity index is 1.27. The highest BCUT2D eigenvalue weighted by Gasteiger charge is 2.18. The number of hydrogen-bond donors (Lipinski definition) is 0. The predicted octanol–water partition coefficient (Wildman–Crippen LogP) is 12.7. The first-order valence-electron chi connectivity index (χ1n) is 15.0. The van der Waals surface area contributed by atoms with Gasteiger partial charge in [0.05, 0.1) is 0 Å². The molecule has 1 heterocycles. The number of fused-ring (bicyclic) bond motifs is 10. The molecule has 0 N–H and O–H groups in total. The van der Waals surface area contributed by atoms with Crippen LogP contribution in [0.25, 0.3) is 63.6 Å². The van der Waals surface area contributed by atoms with Crippen molar-refractivity contribution in [2.24, 2.45) is 0 Å². The van der Waals surface area contributed by atoms with Gasteiger partial charge in [-0.1, -0.05) is 121 Å². The van der Waals surface area contributed by atoms with Gasteiger partial charge in [-0.25, -0.2) is 0 Å². The van der Waals surface area contributed by atoms with E-state index in [1.54, 1.807) is 0 Å². The second-order valence-electron chi connectivity index (χ2n) is 11.3. The highest BCUT2D eigenvalue weighted by molar-refractivity contribution is 7.27. The van der Waals surface area contributed by atoms with E-state index < -0.39 is 0 Å². The van der Waals surface area contributed by atoms with Crippen LogP contribution in [-0.2, 0) is 0 Å². The van der Waals surface area contributed by atoms with Crippen LogP contribution in [0.1, 0.15) is 0 Å². The molecule has 0 unspecified atom stereocenters. The van der Waals surface area contributed by atoms with E-state index in [4.69, 9.17) is 0 Å². The normalized spacial score (nSPS) is 11.6. The van der Waals surface area contributed by atoms with Crippen molar-refractivity contribution in [3.63, 3.8) is 0 Å². The maximum absolute atomic E-state index is 2.35. The molecule has 0 aliphatic heterocycles. The summed E-state index contributed by atoms with van der Waals surface area (Å²) in [5, 5.41) is 10.5. The Labute approximate surface area is 259 Å². The van der Waals surface area contributed by atoms with E-state index in [1.807, 2.05) is 11.3 Å². The Morgan fingerprint density at radius 2 is 0.955 bits per heavy atom. The van der Waals surface area contributed by atoms with Crippen LogP contribution in [0.3, 0.4) is 0 Å². The number of para-hydroxylation sites is 1. The first-order valence-corrected chi connectivity index (χ1v) is 15.8. The van der Waals surface area contributed by atoms with Crippen LogP contribution < -0.4 is 4.90 Å². The minimum Gasteiger partial charge on any atom is -0.310 e. The molecule has 9 rings (SSSR count). The fourth-order valence-corrected chi connectivity index (χ4v) is 8.07. The van der Waals surface area contributed by atoms with E-state index in [9.17, 15) is 0 Å². The lowest BCUT2D eigenvalue weighted by molar-refractivity contribution is 1.29. The Morgan fingerprint density at radius 1 is 0.364 bits per heavy atom. The van der Waals surface area contributed by atoms with E-state index in [-0.39, 0.29) is 0 Å². The molecule has 1 aromatic heterocycles. The quantitative estimate of drug-likeness (QED) is 0.188. The van der Waals surface area contributed by atoms with Crippen LogP contribution >= 0.6 is 11.3 Å². The Morgan fingerprint density at radius 3 is 1.75 bits per heavy atom. The van der Waals surface area contributed by atoms with Crippen molar-refractivity contribution in [2.75, 3.05) is 4.90 Å². The first-order chi connectivity index (χ1) is 21.8. The van der Waals surface area contributed by atoms with E-state index in [2.05, 4.69) is 169 Å². The molecule has 0 fully saturated rings. The summed E-state index contributed by atoms with van der Waals surface area (Å²) in [5.74, 6) is 0. The zero-order valence-corrected chi connectivity index (χ0v) is 24.8. The maximum atomic E-state index is 2.35. The maximum Gasteiger partial charge on any atom is 0.0468 e. The largest absolute Gasteiger partial charge is 0.310 e. The molecule has 0 saturated carbocycles. The van der Waals surface area contributed by atoms with Crippen molar-refractivity contribution in [3.05, 3.63) is 164 Å². The molecule has 44 heavy (non-hydrogen) atoms. The molecule has 1 nitrogen and oxygen atoms in total. The van der Waals surface area contributed by atoms with Gasteiger partial charge in [0.15, 0.2) is 0 Å². The Kier molecular flexibility index (Phi) is 5.75. The lowest BCUT2D eigenvalue weighted by Crippen LogP contribution is -2.09. The van der Waals surface area contributed by atoms with Gasteiger partial charge in [0.1, 0.15) is 0 Å². The summed E-state index contributed by atoms with van der Waals surface area (Å²) in [6.45, 7) is 0. The van der Waals surface area contributed by atoms with Crippen molar-refractivity contribution in [2.45, 2.75) is 0 Å². The van der Waals surface area contributed by atoms with Crippen LogP contribution in [0.4, 0.5) is 17.1 Å². The van der Waals surface area contributed by atoms with Gasteiger partial charge in [-0.3, -0.25) is 0 Å². The fraction of sp³-hybridized carbons (Fsp3) is 0. The van der Waals surface area contributed by atoms with E-state index in [0.29, 0.717) is 0 Å². The summed E-state index contributed by atoms with van der Waals surface area (Å²) < 4.78 is 2.71. The van der Waals surface area contributed by atoms with Gasteiger partial charge in [0.2, 0.25) is 0 Å². The van der Waals surface area contributed by atoms with Gasteiger partial charge in [0.25, 0.3) is 0 Å². The van der Waals surface area contributed by atoms with Gasteiger partial charge in [0, 0.05) is 42.6 Å². The van der Waals surface area contributed by atoms with Crippen LogP contribution in [0.15, 0.2) is 164 Å². The SMILES string of the molecule is c1ccc(-c2ccc(N(c3ccccc3)c3ccc4c(ccc5c4c4ccccc4c4sc6ccccc6c54)c3)cc2)cc1. The number of thiophene rings is 1. The predicted molar refractivity (Wildman–Crippen MR) is 192 cm³/mol. The van der Waals surface area contributed by atoms with Gasteiger partial charge >= 0.3 is 0 Å². The zero-order valence-electron chi connectivity index (χ0n) is 23.9. The minimum atomic E-state index is 1.13. The fourth-order valence-electron chi connectivity index (χ4n) is 6.81. The highest BCUT2D eigenvalue weighted by atomic mass is 32.1. The average molecular weight is 578 g/mol. The van der Waals surface area contributed by atoms with E-state index in [1.165, 1.54) is 63.6 Å². The van der Waals surface area contributed by atoms with Gasteiger partial charge in [-0.2, -0.15) is 0 Å². The molecule has 0 radical (unpaired) electrons. The number of rotatable bonds is 4. The second-order valence-corrected chi connectivity index (χ2v) is 12.4. The zero-order chi connectivity index (χ0) is 29.0. The molecule has 8 aromatic carbocycles. The van der Waals surface area contributed by atoms with Gasteiger partial charge < -0.3 is 4.90 Å². The Bertz CT molecular complexity index is 2480. The monoisotopic (exact) mass is 577 g/mol. The number of hydrogen-bond acceptors (Lipinski definition) is 2. The molecule has 9 aromatic rings. The topological polar surface area (TPSA) is 3.24 Å². The molecular weight excluding hydrogens is 551 g/mol. The molecule has 0 atom stereocenters. The molecule has 0 bridgehead atoms. The minimum absolute atomic E-state index is 1.13. The summed E-state index contributed by atoms with van der Waals surface area (Å²) in [7, 11) is 0. The van der Waals surface area contributed by atoms with Crippen molar-refractivity contribution < 1.29 is 0 Å². The molecule has 0 amide bonds. The highest BCUT2D eigenvalue weighted by Crippen LogP contribution is 2.46.